The quantitative estimate of drug-likeness (QED) is 0.628. The first kappa shape index (κ1) is 14.4. The van der Waals surface area contributed by atoms with Gasteiger partial charge in [-0.15, -0.1) is 0 Å². The van der Waals surface area contributed by atoms with E-state index >= 15 is 0 Å². The fraction of sp³-hybridized carbons (Fsp3) is 0.714. The van der Waals surface area contributed by atoms with Crippen LogP contribution < -0.4 is 0 Å². The molecule has 88 valence electrons. The van der Waals surface area contributed by atoms with Crippen molar-refractivity contribution >= 4 is 0 Å². The molecule has 15 heavy (non-hydrogen) atoms. The maximum Gasteiger partial charge on any atom is 0.0456 e. The highest BCUT2D eigenvalue weighted by Crippen LogP contribution is 2.11. The summed E-state index contributed by atoms with van der Waals surface area (Å²) in [5, 5.41) is 8.87. The number of allylic oxidation sites excluding steroid dienone is 4. The zero-order valence-corrected chi connectivity index (χ0v) is 10.7. The van der Waals surface area contributed by atoms with Crippen LogP contribution in [0, 0.1) is 5.92 Å². The van der Waals surface area contributed by atoms with Crippen LogP contribution in [0.25, 0.3) is 0 Å². The first-order valence-corrected chi connectivity index (χ1v) is 5.96. The molecule has 0 aromatic rings. The van der Waals surface area contributed by atoms with Gasteiger partial charge in [0.1, 0.15) is 0 Å². The normalized spacial score (nSPS) is 13.8. The van der Waals surface area contributed by atoms with E-state index in [1.807, 2.05) is 0 Å². The van der Waals surface area contributed by atoms with Crippen molar-refractivity contribution in [1.29, 1.82) is 0 Å². The molecule has 1 heteroatoms. The number of hydrogen-bond donors (Lipinski definition) is 1. The molecular formula is C14H26O. The van der Waals surface area contributed by atoms with E-state index < -0.39 is 0 Å². The van der Waals surface area contributed by atoms with Crippen LogP contribution in [0.1, 0.15) is 53.4 Å². The minimum absolute atomic E-state index is 0.310. The van der Waals surface area contributed by atoms with Crippen LogP contribution in [0.3, 0.4) is 0 Å². The predicted molar refractivity (Wildman–Crippen MR) is 67.9 cm³/mol. The van der Waals surface area contributed by atoms with Crippen molar-refractivity contribution in [2.75, 3.05) is 6.61 Å². The van der Waals surface area contributed by atoms with E-state index in [1.165, 1.54) is 17.6 Å². The zero-order valence-electron chi connectivity index (χ0n) is 10.7. The lowest BCUT2D eigenvalue weighted by molar-refractivity contribution is 0.231. The summed E-state index contributed by atoms with van der Waals surface area (Å²) >= 11 is 0. The van der Waals surface area contributed by atoms with Crippen LogP contribution >= 0.6 is 0 Å². The average molecular weight is 210 g/mol. The molecule has 0 aromatic heterocycles. The fourth-order valence-electron chi connectivity index (χ4n) is 1.40. The number of aliphatic hydroxyl groups is 1. The van der Waals surface area contributed by atoms with Gasteiger partial charge in [-0.1, -0.05) is 30.2 Å². The third-order valence-corrected chi connectivity index (χ3v) is 2.56. The van der Waals surface area contributed by atoms with E-state index in [1.54, 1.807) is 0 Å². The summed E-state index contributed by atoms with van der Waals surface area (Å²) in [5.41, 5.74) is 2.87. The Bertz CT molecular complexity index is 209. The largest absolute Gasteiger partial charge is 0.396 e. The summed E-state index contributed by atoms with van der Waals surface area (Å²) in [6.07, 6.45) is 9.11. The molecule has 0 fully saturated rings. The van der Waals surface area contributed by atoms with Crippen molar-refractivity contribution in [3.05, 3.63) is 23.3 Å². The molecule has 0 rings (SSSR count). The van der Waals surface area contributed by atoms with Gasteiger partial charge in [-0.3, -0.25) is 0 Å². The standard InChI is InChI=1S/C14H26O/c1-12(2)7-5-8-13(3)9-6-10-14(4)11-15/h7,9,14-15H,5-6,8,10-11H2,1-4H3. The average Bonchev–Trinajstić information content (AvgIpc) is 2.17. The Labute approximate surface area is 94.9 Å². The Morgan fingerprint density at radius 2 is 1.80 bits per heavy atom. The summed E-state index contributed by atoms with van der Waals surface area (Å²) in [6, 6.07) is 0. The van der Waals surface area contributed by atoms with Crippen molar-refractivity contribution < 1.29 is 5.11 Å². The van der Waals surface area contributed by atoms with Gasteiger partial charge in [0.2, 0.25) is 0 Å². The van der Waals surface area contributed by atoms with Gasteiger partial charge >= 0.3 is 0 Å². The van der Waals surface area contributed by atoms with E-state index in [0.29, 0.717) is 12.5 Å². The molecule has 0 aliphatic heterocycles. The van der Waals surface area contributed by atoms with Crippen LogP contribution in [-0.2, 0) is 0 Å². The Morgan fingerprint density at radius 3 is 2.33 bits per heavy atom. The van der Waals surface area contributed by atoms with Crippen molar-refractivity contribution in [3.63, 3.8) is 0 Å². The number of hydrogen-bond acceptors (Lipinski definition) is 1. The summed E-state index contributed by atoms with van der Waals surface area (Å²) in [4.78, 5) is 0. The van der Waals surface area contributed by atoms with Gasteiger partial charge in [0.15, 0.2) is 0 Å². The molecule has 0 radical (unpaired) electrons. The molecule has 0 bridgehead atoms. The van der Waals surface area contributed by atoms with Crippen LogP contribution in [0.15, 0.2) is 23.3 Å². The Hall–Kier alpha value is -0.560. The smallest absolute Gasteiger partial charge is 0.0456 e. The number of rotatable bonds is 7. The van der Waals surface area contributed by atoms with Gasteiger partial charge in [-0.05, 0) is 52.4 Å². The highest BCUT2D eigenvalue weighted by molar-refractivity contribution is 5.02. The van der Waals surface area contributed by atoms with E-state index in [0.717, 1.165) is 19.3 Å². The molecule has 1 atom stereocenters. The Kier molecular flexibility index (Phi) is 8.40. The summed E-state index contributed by atoms with van der Waals surface area (Å²) < 4.78 is 0. The second kappa shape index (κ2) is 8.72. The van der Waals surface area contributed by atoms with Crippen LogP contribution in [0.5, 0.6) is 0 Å². The second-order valence-corrected chi connectivity index (χ2v) is 4.74. The van der Waals surface area contributed by atoms with Gasteiger partial charge < -0.3 is 5.11 Å². The van der Waals surface area contributed by atoms with E-state index in [2.05, 4.69) is 39.8 Å². The molecule has 1 nitrogen and oxygen atoms in total. The maximum absolute atomic E-state index is 8.87. The minimum atomic E-state index is 0.310. The molecule has 0 aliphatic carbocycles. The highest BCUT2D eigenvalue weighted by Gasteiger charge is 1.97. The third-order valence-electron chi connectivity index (χ3n) is 2.56. The fourth-order valence-corrected chi connectivity index (χ4v) is 1.40. The third kappa shape index (κ3) is 9.74. The Morgan fingerprint density at radius 1 is 1.13 bits per heavy atom. The first-order valence-electron chi connectivity index (χ1n) is 5.96. The lowest BCUT2D eigenvalue weighted by Crippen LogP contribution is -1.99. The molecule has 0 spiro atoms. The molecule has 0 saturated heterocycles. The summed E-state index contributed by atoms with van der Waals surface area (Å²) in [6.45, 7) is 8.88. The van der Waals surface area contributed by atoms with Crippen LogP contribution in [0.4, 0.5) is 0 Å². The second-order valence-electron chi connectivity index (χ2n) is 4.74. The first-order chi connectivity index (χ1) is 7.06. The van der Waals surface area contributed by atoms with E-state index in [4.69, 9.17) is 5.11 Å². The topological polar surface area (TPSA) is 20.2 Å². The van der Waals surface area contributed by atoms with Crippen molar-refractivity contribution in [3.8, 4) is 0 Å². The number of aliphatic hydroxyl groups excluding tert-OH is 1. The maximum atomic E-state index is 8.87. The van der Waals surface area contributed by atoms with Gasteiger partial charge in [-0.2, -0.15) is 0 Å². The van der Waals surface area contributed by atoms with Crippen molar-refractivity contribution in [1.82, 2.24) is 0 Å². The van der Waals surface area contributed by atoms with Gasteiger partial charge in [0.25, 0.3) is 0 Å². The Balaban J connectivity index is 3.65. The van der Waals surface area contributed by atoms with Crippen LogP contribution in [-0.4, -0.2) is 11.7 Å². The molecule has 0 heterocycles. The minimum Gasteiger partial charge on any atom is -0.396 e. The van der Waals surface area contributed by atoms with Gasteiger partial charge in [-0.25, -0.2) is 0 Å². The summed E-state index contributed by atoms with van der Waals surface area (Å²) in [7, 11) is 0. The van der Waals surface area contributed by atoms with Gasteiger partial charge in [0, 0.05) is 6.61 Å². The zero-order chi connectivity index (χ0) is 11.7. The van der Waals surface area contributed by atoms with Crippen molar-refractivity contribution in [2.24, 2.45) is 5.92 Å². The SMILES string of the molecule is CC(C)=CCCC(C)=CCCC(C)CO. The van der Waals surface area contributed by atoms with Gasteiger partial charge in [0.05, 0.1) is 0 Å². The van der Waals surface area contributed by atoms with E-state index in [9.17, 15) is 0 Å². The molecular weight excluding hydrogens is 184 g/mol. The van der Waals surface area contributed by atoms with Crippen LogP contribution in [0.2, 0.25) is 0 Å². The predicted octanol–water partition coefficient (Wildman–Crippen LogP) is 4.09. The van der Waals surface area contributed by atoms with Crippen molar-refractivity contribution in [2.45, 2.75) is 53.4 Å². The molecule has 1 N–H and O–H groups in total. The highest BCUT2D eigenvalue weighted by atomic mass is 16.3. The monoisotopic (exact) mass is 210 g/mol. The lowest BCUT2D eigenvalue weighted by Gasteiger charge is -2.05. The molecule has 0 aliphatic rings. The lowest BCUT2D eigenvalue weighted by atomic mass is 10.0. The molecule has 0 aromatic carbocycles. The molecule has 0 saturated carbocycles. The summed E-state index contributed by atoms with van der Waals surface area (Å²) in [5.74, 6) is 0.437. The molecule has 1 unspecified atom stereocenters. The molecule has 0 amide bonds. The van der Waals surface area contributed by atoms with E-state index in [-0.39, 0.29) is 0 Å².